The lowest BCUT2D eigenvalue weighted by atomic mass is 9.76. The quantitative estimate of drug-likeness (QED) is 0.891. The first kappa shape index (κ1) is 14.5. The first-order chi connectivity index (χ1) is 8.93. The number of likely N-dealkylation sites (N-methyl/N-ethyl adjacent to an activating group) is 1. The lowest BCUT2D eigenvalue weighted by Gasteiger charge is -2.33. The van der Waals surface area contributed by atoms with Crippen molar-refractivity contribution >= 4 is 0 Å². The Morgan fingerprint density at radius 3 is 2.79 bits per heavy atom. The summed E-state index contributed by atoms with van der Waals surface area (Å²) in [6, 6.07) is 4.85. The molecular formula is C17H28N2. The fourth-order valence-corrected chi connectivity index (χ4v) is 3.05. The third-order valence-corrected chi connectivity index (χ3v) is 4.94. The highest BCUT2D eigenvalue weighted by molar-refractivity contribution is 5.30. The lowest BCUT2D eigenvalue weighted by molar-refractivity contribution is 0.214. The van der Waals surface area contributed by atoms with Gasteiger partial charge in [-0.1, -0.05) is 33.8 Å². The van der Waals surface area contributed by atoms with Crippen molar-refractivity contribution in [3.05, 3.63) is 29.6 Å². The maximum atomic E-state index is 4.64. The Labute approximate surface area is 118 Å². The number of hydrogen-bond donors (Lipinski definition) is 1. The van der Waals surface area contributed by atoms with Gasteiger partial charge in [0.05, 0.1) is 0 Å². The SMILES string of the molecule is CNC(CC(C)C(C)(C)C)C1CCc2cccnc21. The van der Waals surface area contributed by atoms with Crippen molar-refractivity contribution in [2.24, 2.45) is 11.3 Å². The van der Waals surface area contributed by atoms with E-state index in [0.717, 1.165) is 0 Å². The summed E-state index contributed by atoms with van der Waals surface area (Å²) in [5.74, 6) is 1.30. The van der Waals surface area contributed by atoms with Crippen LogP contribution in [0.3, 0.4) is 0 Å². The minimum absolute atomic E-state index is 0.376. The number of hydrogen-bond acceptors (Lipinski definition) is 2. The zero-order chi connectivity index (χ0) is 14.0. The Hall–Kier alpha value is -0.890. The molecule has 0 fully saturated rings. The van der Waals surface area contributed by atoms with Crippen LogP contribution < -0.4 is 5.32 Å². The van der Waals surface area contributed by atoms with Crippen LogP contribution >= 0.6 is 0 Å². The minimum Gasteiger partial charge on any atom is -0.316 e. The van der Waals surface area contributed by atoms with Crippen molar-refractivity contribution in [1.82, 2.24) is 10.3 Å². The maximum absolute atomic E-state index is 4.64. The second kappa shape index (κ2) is 5.62. The summed E-state index contributed by atoms with van der Waals surface area (Å²) in [6.07, 6.45) is 5.60. The summed E-state index contributed by atoms with van der Waals surface area (Å²) in [6.45, 7) is 9.39. The van der Waals surface area contributed by atoms with Gasteiger partial charge in [-0.3, -0.25) is 4.98 Å². The molecule has 1 heterocycles. The Balaban J connectivity index is 2.12. The molecule has 1 aromatic heterocycles. The van der Waals surface area contributed by atoms with Crippen molar-refractivity contribution in [2.45, 2.75) is 58.9 Å². The van der Waals surface area contributed by atoms with Crippen LogP contribution in [0.4, 0.5) is 0 Å². The zero-order valence-electron chi connectivity index (χ0n) is 13.0. The molecule has 1 aromatic rings. The number of rotatable bonds is 4. The molecule has 2 heteroatoms. The average molecular weight is 260 g/mol. The molecule has 3 unspecified atom stereocenters. The van der Waals surface area contributed by atoms with Gasteiger partial charge in [-0.15, -0.1) is 0 Å². The number of nitrogens with zero attached hydrogens (tertiary/aromatic N) is 1. The lowest BCUT2D eigenvalue weighted by Crippen LogP contribution is -2.35. The van der Waals surface area contributed by atoms with Gasteiger partial charge in [0.15, 0.2) is 0 Å². The topological polar surface area (TPSA) is 24.9 Å². The van der Waals surface area contributed by atoms with Gasteiger partial charge in [0.2, 0.25) is 0 Å². The van der Waals surface area contributed by atoms with E-state index in [-0.39, 0.29) is 0 Å². The molecule has 0 aliphatic heterocycles. The predicted molar refractivity (Wildman–Crippen MR) is 81.4 cm³/mol. The molecule has 1 aliphatic rings. The first-order valence-corrected chi connectivity index (χ1v) is 7.54. The number of aromatic nitrogens is 1. The largest absolute Gasteiger partial charge is 0.316 e. The first-order valence-electron chi connectivity index (χ1n) is 7.54. The molecule has 0 radical (unpaired) electrons. The van der Waals surface area contributed by atoms with E-state index in [1.165, 1.54) is 30.5 Å². The molecule has 1 N–H and O–H groups in total. The number of aryl methyl sites for hydroxylation is 1. The Kier molecular flexibility index (Phi) is 4.29. The van der Waals surface area contributed by atoms with Crippen LogP contribution in [-0.2, 0) is 6.42 Å². The van der Waals surface area contributed by atoms with Gasteiger partial charge < -0.3 is 5.32 Å². The highest BCUT2D eigenvalue weighted by Gasteiger charge is 2.33. The summed E-state index contributed by atoms with van der Waals surface area (Å²) in [5.41, 5.74) is 3.17. The Bertz CT molecular complexity index is 420. The third-order valence-electron chi connectivity index (χ3n) is 4.94. The van der Waals surface area contributed by atoms with Crippen LogP contribution in [0.15, 0.2) is 18.3 Å². The van der Waals surface area contributed by atoms with Crippen molar-refractivity contribution < 1.29 is 0 Å². The fourth-order valence-electron chi connectivity index (χ4n) is 3.05. The molecule has 106 valence electrons. The monoisotopic (exact) mass is 260 g/mol. The third kappa shape index (κ3) is 3.17. The maximum Gasteiger partial charge on any atom is 0.0482 e. The number of pyridine rings is 1. The van der Waals surface area contributed by atoms with Crippen LogP contribution in [0.2, 0.25) is 0 Å². The molecular weight excluding hydrogens is 232 g/mol. The summed E-state index contributed by atoms with van der Waals surface area (Å²) in [4.78, 5) is 4.64. The fraction of sp³-hybridized carbons (Fsp3) is 0.706. The van der Waals surface area contributed by atoms with Crippen LogP contribution in [0.25, 0.3) is 0 Å². The molecule has 0 aromatic carbocycles. The van der Waals surface area contributed by atoms with E-state index in [1.54, 1.807) is 0 Å². The number of nitrogens with one attached hydrogen (secondary N) is 1. The molecule has 1 aliphatic carbocycles. The molecule has 2 rings (SSSR count). The van der Waals surface area contributed by atoms with Gasteiger partial charge in [0.25, 0.3) is 0 Å². The molecule has 19 heavy (non-hydrogen) atoms. The second-order valence-electron chi connectivity index (χ2n) is 7.09. The van der Waals surface area contributed by atoms with Crippen LogP contribution in [0, 0.1) is 11.3 Å². The highest BCUT2D eigenvalue weighted by Crippen LogP contribution is 2.38. The second-order valence-corrected chi connectivity index (χ2v) is 7.09. The molecule has 2 nitrogen and oxygen atoms in total. The van der Waals surface area contributed by atoms with Gasteiger partial charge in [0.1, 0.15) is 0 Å². The molecule has 0 bridgehead atoms. The molecule has 3 atom stereocenters. The molecule has 0 amide bonds. The van der Waals surface area contributed by atoms with E-state index >= 15 is 0 Å². The minimum atomic E-state index is 0.376. The molecule has 0 spiro atoms. The summed E-state index contributed by atoms with van der Waals surface area (Å²) < 4.78 is 0. The van der Waals surface area contributed by atoms with Gasteiger partial charge in [0, 0.05) is 23.9 Å². The molecule has 0 saturated carbocycles. The van der Waals surface area contributed by atoms with Crippen LogP contribution in [-0.4, -0.2) is 18.1 Å². The van der Waals surface area contributed by atoms with Crippen molar-refractivity contribution in [2.75, 3.05) is 7.05 Å². The zero-order valence-corrected chi connectivity index (χ0v) is 13.0. The molecule has 0 saturated heterocycles. The van der Waals surface area contributed by atoms with Gasteiger partial charge >= 0.3 is 0 Å². The van der Waals surface area contributed by atoms with E-state index in [9.17, 15) is 0 Å². The summed E-state index contributed by atoms with van der Waals surface area (Å²) in [7, 11) is 2.10. The van der Waals surface area contributed by atoms with E-state index in [1.807, 2.05) is 6.20 Å². The average Bonchev–Trinajstić information content (AvgIpc) is 2.78. The van der Waals surface area contributed by atoms with E-state index in [4.69, 9.17) is 0 Å². The van der Waals surface area contributed by atoms with Crippen molar-refractivity contribution in [3.8, 4) is 0 Å². The number of fused-ring (bicyclic) bond motifs is 1. The normalized spacial score (nSPS) is 22.1. The van der Waals surface area contributed by atoms with Crippen molar-refractivity contribution in [1.29, 1.82) is 0 Å². The van der Waals surface area contributed by atoms with E-state index < -0.39 is 0 Å². The van der Waals surface area contributed by atoms with Crippen LogP contribution in [0.1, 0.15) is 57.7 Å². The van der Waals surface area contributed by atoms with E-state index in [2.05, 4.69) is 57.2 Å². The van der Waals surface area contributed by atoms with Crippen molar-refractivity contribution in [3.63, 3.8) is 0 Å². The summed E-state index contributed by atoms with van der Waals surface area (Å²) >= 11 is 0. The predicted octanol–water partition coefficient (Wildman–Crippen LogP) is 3.77. The van der Waals surface area contributed by atoms with E-state index in [0.29, 0.717) is 23.3 Å². The highest BCUT2D eigenvalue weighted by atomic mass is 14.9. The Morgan fingerprint density at radius 1 is 1.42 bits per heavy atom. The summed E-state index contributed by atoms with van der Waals surface area (Å²) in [5, 5.41) is 3.55. The standard InChI is InChI=1S/C17H28N2/c1-12(17(2,3)4)11-15(18-5)14-9-8-13-7-6-10-19-16(13)14/h6-7,10,12,14-15,18H,8-9,11H2,1-5H3. The van der Waals surface area contributed by atoms with Crippen LogP contribution in [0.5, 0.6) is 0 Å². The smallest absolute Gasteiger partial charge is 0.0482 e. The van der Waals surface area contributed by atoms with Gasteiger partial charge in [-0.2, -0.15) is 0 Å². The van der Waals surface area contributed by atoms with Gasteiger partial charge in [-0.05, 0) is 49.3 Å². The Morgan fingerprint density at radius 2 is 2.16 bits per heavy atom. The van der Waals surface area contributed by atoms with Gasteiger partial charge in [-0.25, -0.2) is 0 Å².